The highest BCUT2D eigenvalue weighted by Gasteiger charge is 2.32. The van der Waals surface area contributed by atoms with E-state index in [9.17, 15) is 9.59 Å². The van der Waals surface area contributed by atoms with Crippen molar-refractivity contribution in [3.05, 3.63) is 142 Å². The van der Waals surface area contributed by atoms with Gasteiger partial charge in [0.05, 0.1) is 4.88 Å². The summed E-state index contributed by atoms with van der Waals surface area (Å²) in [7, 11) is 0. The lowest BCUT2D eigenvalue weighted by atomic mass is 9.80. The van der Waals surface area contributed by atoms with Crippen molar-refractivity contribution in [2.45, 2.75) is 26.2 Å². The van der Waals surface area contributed by atoms with E-state index in [2.05, 4.69) is 77.7 Å². The summed E-state index contributed by atoms with van der Waals surface area (Å²) in [6, 6.07) is 30.9. The van der Waals surface area contributed by atoms with Gasteiger partial charge in [0.2, 0.25) is 5.96 Å². The van der Waals surface area contributed by atoms with Crippen molar-refractivity contribution in [1.29, 1.82) is 0 Å². The first kappa shape index (κ1) is 31.3. The maximum absolute atomic E-state index is 14.4. The molecule has 228 valence electrons. The van der Waals surface area contributed by atoms with Gasteiger partial charge in [0, 0.05) is 30.0 Å². The van der Waals surface area contributed by atoms with Gasteiger partial charge in [0.25, 0.3) is 11.8 Å². The molecule has 0 radical (unpaired) electrons. The predicted molar refractivity (Wildman–Crippen MR) is 181 cm³/mol. The fraction of sp³-hybridized carbons (Fsp3) is 0.194. The van der Waals surface area contributed by atoms with Gasteiger partial charge in [0.1, 0.15) is 0 Å². The lowest BCUT2D eigenvalue weighted by Gasteiger charge is -2.36. The van der Waals surface area contributed by atoms with Crippen LogP contribution in [0.2, 0.25) is 0 Å². The molecule has 0 fully saturated rings. The molecule has 1 unspecified atom stereocenters. The number of benzene rings is 3. The minimum Gasteiger partial charge on any atom is -0.366 e. The number of carbonyl (C=O) groups is 2. The fourth-order valence-corrected chi connectivity index (χ4v) is 6.33. The van der Waals surface area contributed by atoms with Gasteiger partial charge in [-0.1, -0.05) is 126 Å². The zero-order valence-electron chi connectivity index (χ0n) is 25.3. The summed E-state index contributed by atoms with van der Waals surface area (Å²) in [6.45, 7) is 5.08. The molecule has 9 heteroatoms. The van der Waals surface area contributed by atoms with Crippen molar-refractivity contribution in [2.24, 2.45) is 32.3 Å². The molecule has 1 aromatic heterocycles. The smallest absolute Gasteiger partial charge is 0.279 e. The highest BCUT2D eigenvalue weighted by atomic mass is 32.1. The third-order valence-electron chi connectivity index (χ3n) is 7.92. The quantitative estimate of drug-likeness (QED) is 0.0686. The maximum Gasteiger partial charge on any atom is 0.279 e. The van der Waals surface area contributed by atoms with Crippen LogP contribution in [0.15, 0.2) is 136 Å². The van der Waals surface area contributed by atoms with E-state index in [-0.39, 0.29) is 17.8 Å². The Morgan fingerprint density at radius 2 is 1.60 bits per heavy atom. The normalized spacial score (nSPS) is 16.6. The molecular weight excluding hydrogens is 581 g/mol. The Morgan fingerprint density at radius 3 is 2.18 bits per heavy atom. The van der Waals surface area contributed by atoms with Gasteiger partial charge < -0.3 is 16.5 Å². The lowest BCUT2D eigenvalue weighted by Crippen LogP contribution is -2.42. The minimum absolute atomic E-state index is 0.0276. The summed E-state index contributed by atoms with van der Waals surface area (Å²) in [5, 5.41) is 8.50. The van der Waals surface area contributed by atoms with Crippen molar-refractivity contribution in [3.8, 4) is 11.1 Å². The monoisotopic (exact) mass is 616 g/mol. The molecule has 1 atom stereocenters. The van der Waals surface area contributed by atoms with Crippen LogP contribution in [0.4, 0.5) is 0 Å². The number of guanidine groups is 1. The zero-order chi connectivity index (χ0) is 31.8. The van der Waals surface area contributed by atoms with E-state index in [1.165, 1.54) is 16.9 Å². The summed E-state index contributed by atoms with van der Waals surface area (Å²) >= 11 is 1.46. The Hall–Kier alpha value is -5.15. The average Bonchev–Trinajstić information content (AvgIpc) is 3.55. The van der Waals surface area contributed by atoms with Crippen molar-refractivity contribution in [1.82, 2.24) is 4.90 Å². The van der Waals surface area contributed by atoms with E-state index in [0.29, 0.717) is 30.0 Å². The molecule has 0 saturated carbocycles. The molecule has 1 aliphatic carbocycles. The summed E-state index contributed by atoms with van der Waals surface area (Å²) in [6.07, 6.45) is 6.07. The Labute approximate surface area is 267 Å². The second-order valence-corrected chi connectivity index (χ2v) is 12.4. The molecule has 0 saturated heterocycles. The van der Waals surface area contributed by atoms with Crippen molar-refractivity contribution >= 4 is 29.1 Å². The van der Waals surface area contributed by atoms with Gasteiger partial charge in [-0.25, -0.2) is 0 Å². The van der Waals surface area contributed by atoms with Gasteiger partial charge in [-0.3, -0.25) is 9.59 Å². The zero-order valence-corrected chi connectivity index (χ0v) is 26.2. The topological polar surface area (TPSA) is 126 Å². The average molecular weight is 617 g/mol. The lowest BCUT2D eigenvalue weighted by molar-refractivity contribution is -0.114. The molecule has 0 spiro atoms. The van der Waals surface area contributed by atoms with Gasteiger partial charge in [-0.2, -0.15) is 4.99 Å². The molecule has 3 aromatic carbocycles. The van der Waals surface area contributed by atoms with Gasteiger partial charge in [-0.05, 0) is 47.0 Å². The van der Waals surface area contributed by atoms with E-state index in [1.807, 2.05) is 64.9 Å². The van der Waals surface area contributed by atoms with Crippen molar-refractivity contribution in [2.75, 3.05) is 13.1 Å². The second kappa shape index (κ2) is 14.1. The van der Waals surface area contributed by atoms with E-state index in [0.717, 1.165) is 22.3 Å². The molecule has 1 aliphatic rings. The summed E-state index contributed by atoms with van der Waals surface area (Å²) in [5.41, 5.74) is 11.1. The van der Waals surface area contributed by atoms with Crippen LogP contribution in [0.3, 0.4) is 0 Å². The first-order valence-electron chi connectivity index (χ1n) is 14.7. The van der Waals surface area contributed by atoms with E-state index in [1.54, 1.807) is 6.08 Å². The highest BCUT2D eigenvalue weighted by molar-refractivity contribution is 7.12. The number of carbonyl (C=O) groups excluding carboxylic acids is 2. The van der Waals surface area contributed by atoms with E-state index in [4.69, 9.17) is 11.6 Å². The second-order valence-electron chi connectivity index (χ2n) is 11.5. The van der Waals surface area contributed by atoms with Gasteiger partial charge >= 0.3 is 0 Å². The molecule has 1 heterocycles. The Balaban J connectivity index is 1.46. The number of aliphatic imine (C=N–C) groups is 1. The van der Waals surface area contributed by atoms with E-state index >= 15 is 0 Å². The van der Waals surface area contributed by atoms with Crippen molar-refractivity contribution in [3.63, 3.8) is 0 Å². The molecule has 4 aromatic rings. The Bertz CT molecular complexity index is 1720. The number of hydrogen-bond acceptors (Lipinski definition) is 4. The molecule has 8 nitrogen and oxygen atoms in total. The summed E-state index contributed by atoms with van der Waals surface area (Å²) in [4.78, 5) is 33.4. The van der Waals surface area contributed by atoms with Crippen LogP contribution in [0.25, 0.3) is 11.1 Å². The first-order valence-corrected chi connectivity index (χ1v) is 15.6. The summed E-state index contributed by atoms with van der Waals surface area (Å²) < 4.78 is 0. The third kappa shape index (κ3) is 7.87. The first-order chi connectivity index (χ1) is 21.7. The third-order valence-corrected chi connectivity index (χ3v) is 8.84. The number of rotatable bonds is 9. The number of hydrogen-bond donors (Lipinski definition) is 2. The molecule has 5 rings (SSSR count). The number of allylic oxidation sites excluding steroid dienone is 1. The largest absolute Gasteiger partial charge is 0.366 e. The fourth-order valence-electron chi connectivity index (χ4n) is 5.45. The van der Waals surface area contributed by atoms with Crippen LogP contribution in [0, 0.1) is 12.3 Å². The molecule has 2 amide bonds. The highest BCUT2D eigenvalue weighted by Crippen LogP contribution is 2.35. The van der Waals surface area contributed by atoms with Gasteiger partial charge in [-0.15, -0.1) is 11.3 Å². The molecule has 0 bridgehead atoms. The van der Waals surface area contributed by atoms with Crippen LogP contribution in [-0.4, -0.2) is 35.8 Å². The molecule has 4 N–H and O–H groups in total. The van der Waals surface area contributed by atoms with Crippen LogP contribution < -0.4 is 11.6 Å². The number of aryl methyl sites for hydroxylation is 1. The number of amides is 2. The minimum atomic E-state index is -0.526. The molecule has 45 heavy (non-hydrogen) atoms. The van der Waals surface area contributed by atoms with Crippen LogP contribution >= 0.6 is 11.3 Å². The molecule has 0 aliphatic heterocycles. The van der Waals surface area contributed by atoms with Crippen molar-refractivity contribution < 1.29 is 9.59 Å². The summed E-state index contributed by atoms with van der Waals surface area (Å²) in [5.74, 6) is 4.10. The van der Waals surface area contributed by atoms with Gasteiger partial charge in [0.15, 0.2) is 0 Å². The Kier molecular flexibility index (Phi) is 9.79. The number of nitrogens with two attached hydrogens (primary N) is 2. The SMILES string of the molecule is Cc1ccc(-c2csc(C(=O)N(CC(c3ccccc3)c3ccccc3)CC3(C)C=CC(C(=O)N=C(N)/N=N\N)=CC3)c2)cc1. The standard InChI is InChI=1S/C36H36N6O2S/c1-25-13-15-26(16-14-25)30-21-32(45-23-30)34(44)42(22-31(27-9-5-3-6-10-27)28-11-7-4-8-12-28)24-36(2)19-17-29(18-20-36)33(43)39-35(37)40-41-38/h3-19,21,23,31H,20,22,24H2,1-2H3,(H4,37,38,39,40,43). The Morgan fingerprint density at radius 1 is 0.956 bits per heavy atom. The van der Waals surface area contributed by atoms with Crippen LogP contribution in [0.1, 0.15) is 45.6 Å². The van der Waals surface area contributed by atoms with E-state index < -0.39 is 11.3 Å². The molecular formula is C36H36N6O2S. The van der Waals surface area contributed by atoms with Crippen LogP contribution in [0.5, 0.6) is 0 Å². The maximum atomic E-state index is 14.4. The number of nitrogens with zero attached hydrogens (tertiary/aromatic N) is 4. The van der Waals surface area contributed by atoms with Crippen LogP contribution in [-0.2, 0) is 4.79 Å². The predicted octanol–water partition coefficient (Wildman–Crippen LogP) is 7.06. The number of thiophene rings is 1.